The molecule has 0 radical (unpaired) electrons. The van der Waals surface area contributed by atoms with Gasteiger partial charge in [-0.1, -0.05) is 6.92 Å². The quantitative estimate of drug-likeness (QED) is 0.815. The van der Waals surface area contributed by atoms with Gasteiger partial charge >= 0.3 is 6.18 Å². The molecule has 0 saturated heterocycles. The van der Waals surface area contributed by atoms with E-state index in [0.29, 0.717) is 0 Å². The van der Waals surface area contributed by atoms with Crippen LogP contribution in [-0.4, -0.2) is 25.6 Å². The molecule has 1 heterocycles. The molecule has 0 aliphatic rings. The Bertz CT molecular complexity index is 443. The number of ketones is 1. The maximum atomic E-state index is 12.1. The highest BCUT2D eigenvalue weighted by Crippen LogP contribution is 2.43. The molecule has 1 aromatic heterocycles. The van der Waals surface area contributed by atoms with Gasteiger partial charge in [0.15, 0.2) is 11.5 Å². The number of hydrogen-bond acceptors (Lipinski definition) is 5. The van der Waals surface area contributed by atoms with E-state index in [1.165, 1.54) is 7.11 Å². The van der Waals surface area contributed by atoms with Crippen molar-refractivity contribution >= 4 is 27.8 Å². The van der Waals surface area contributed by atoms with E-state index in [9.17, 15) is 18.0 Å². The summed E-state index contributed by atoms with van der Waals surface area (Å²) in [5.41, 5.74) is 5.76. The van der Waals surface area contributed by atoms with Crippen LogP contribution >= 0.6 is 11.3 Å². The minimum absolute atomic E-state index is 0.0824. The predicted molar refractivity (Wildman–Crippen MR) is 64.4 cm³/mol. The number of halogens is 3. The van der Waals surface area contributed by atoms with Gasteiger partial charge in [0.25, 0.3) is 0 Å². The summed E-state index contributed by atoms with van der Waals surface area (Å²) < 4.78 is 41.3. The molecule has 0 aliphatic heterocycles. The zero-order valence-corrected chi connectivity index (χ0v) is 10.7. The van der Waals surface area contributed by atoms with E-state index < -0.39 is 12.7 Å². The lowest BCUT2D eigenvalue weighted by molar-refractivity contribution is -0.115. The van der Waals surface area contributed by atoms with Crippen LogP contribution in [0.1, 0.15) is 23.0 Å². The molecule has 0 aromatic carbocycles. The molecule has 102 valence electrons. The van der Waals surface area contributed by atoms with Gasteiger partial charge in [-0.05, 0) is 0 Å². The summed E-state index contributed by atoms with van der Waals surface area (Å²) in [6.07, 6.45) is -4.12. The molecular formula is C10H13F3N2O2S. The first kappa shape index (κ1) is 14.6. The van der Waals surface area contributed by atoms with Gasteiger partial charge in [0, 0.05) is 6.42 Å². The zero-order chi connectivity index (χ0) is 13.9. The number of carbonyl (C=O) groups is 1. The van der Waals surface area contributed by atoms with Crippen molar-refractivity contribution in [3.8, 4) is 5.75 Å². The highest BCUT2D eigenvalue weighted by atomic mass is 32.1. The Hall–Kier alpha value is -1.44. The number of ether oxygens (including phenoxy) is 1. The van der Waals surface area contributed by atoms with Crippen LogP contribution in [0.25, 0.3) is 0 Å². The van der Waals surface area contributed by atoms with Crippen molar-refractivity contribution in [2.24, 2.45) is 0 Å². The lowest BCUT2D eigenvalue weighted by atomic mass is 10.2. The van der Waals surface area contributed by atoms with Gasteiger partial charge in [0.05, 0.1) is 17.7 Å². The molecule has 0 unspecified atom stereocenters. The van der Waals surface area contributed by atoms with Gasteiger partial charge in [0.2, 0.25) is 0 Å². The topological polar surface area (TPSA) is 64.3 Å². The maximum absolute atomic E-state index is 12.1. The average molecular weight is 282 g/mol. The first-order valence-electron chi connectivity index (χ1n) is 5.10. The van der Waals surface area contributed by atoms with Crippen LogP contribution in [0.4, 0.5) is 23.9 Å². The molecule has 8 heteroatoms. The second-order valence-corrected chi connectivity index (χ2v) is 4.47. The standard InChI is InChI=1S/C10H13F3N2O2S/c1-3-5(16)8-6(14)7(17-2)9(18-8)15-4-10(11,12)13/h15H,3-4,14H2,1-2H3. The second-order valence-electron chi connectivity index (χ2n) is 3.45. The smallest absolute Gasteiger partial charge is 0.405 e. The number of carbonyl (C=O) groups excluding carboxylic acids is 1. The van der Waals surface area contributed by atoms with Gasteiger partial charge in [-0.25, -0.2) is 0 Å². The average Bonchev–Trinajstić information content (AvgIpc) is 2.61. The second kappa shape index (κ2) is 5.47. The largest absolute Gasteiger partial charge is 0.492 e. The summed E-state index contributed by atoms with van der Waals surface area (Å²) in [7, 11) is 1.29. The van der Waals surface area contributed by atoms with Gasteiger partial charge in [0.1, 0.15) is 11.5 Å². The van der Waals surface area contributed by atoms with Gasteiger partial charge in [-0.3, -0.25) is 4.79 Å². The molecule has 0 fully saturated rings. The highest BCUT2D eigenvalue weighted by molar-refractivity contribution is 7.19. The SMILES string of the molecule is CCC(=O)c1sc(NCC(F)(F)F)c(OC)c1N. The third-order valence-corrected chi connectivity index (χ3v) is 3.31. The Morgan fingerprint density at radius 1 is 1.50 bits per heavy atom. The number of anilines is 2. The minimum atomic E-state index is -4.35. The van der Waals surface area contributed by atoms with Crippen LogP contribution in [0, 0.1) is 0 Å². The first-order chi connectivity index (χ1) is 8.30. The number of methoxy groups -OCH3 is 1. The van der Waals surface area contributed by atoms with Crippen molar-refractivity contribution in [3.05, 3.63) is 4.88 Å². The molecule has 0 spiro atoms. The van der Waals surface area contributed by atoms with Crippen LogP contribution < -0.4 is 15.8 Å². The Labute approximate surface area is 106 Å². The summed E-state index contributed by atoms with van der Waals surface area (Å²) >= 11 is 0.873. The number of alkyl halides is 3. The van der Waals surface area contributed by atoms with Crippen molar-refractivity contribution in [1.29, 1.82) is 0 Å². The molecule has 0 bridgehead atoms. The van der Waals surface area contributed by atoms with Crippen LogP contribution in [0.5, 0.6) is 5.75 Å². The molecule has 0 aliphatic carbocycles. The predicted octanol–water partition coefficient (Wildman–Crippen LogP) is 2.91. The fraction of sp³-hybridized carbons (Fsp3) is 0.500. The molecule has 1 rings (SSSR count). The molecule has 0 atom stereocenters. The van der Waals surface area contributed by atoms with E-state index >= 15 is 0 Å². The fourth-order valence-corrected chi connectivity index (χ4v) is 2.39. The van der Waals surface area contributed by atoms with Crippen LogP contribution in [0.15, 0.2) is 0 Å². The molecule has 4 nitrogen and oxygen atoms in total. The number of hydrogen-bond donors (Lipinski definition) is 2. The number of nitrogens with one attached hydrogen (secondary N) is 1. The Kier molecular flexibility index (Phi) is 4.44. The minimum Gasteiger partial charge on any atom is -0.492 e. The van der Waals surface area contributed by atoms with E-state index in [1.54, 1.807) is 6.92 Å². The van der Waals surface area contributed by atoms with Crippen molar-refractivity contribution in [1.82, 2.24) is 0 Å². The van der Waals surface area contributed by atoms with Crippen LogP contribution in [0.2, 0.25) is 0 Å². The summed E-state index contributed by atoms with van der Waals surface area (Å²) in [4.78, 5) is 11.8. The van der Waals surface area contributed by atoms with Crippen molar-refractivity contribution in [3.63, 3.8) is 0 Å². The normalized spacial score (nSPS) is 11.4. The number of Topliss-reactive ketones (excluding diaryl/α,β-unsaturated/α-hetero) is 1. The lowest BCUT2D eigenvalue weighted by Crippen LogP contribution is -2.21. The monoisotopic (exact) mass is 282 g/mol. The molecule has 18 heavy (non-hydrogen) atoms. The highest BCUT2D eigenvalue weighted by Gasteiger charge is 2.29. The number of nitrogens with two attached hydrogens (primary N) is 1. The van der Waals surface area contributed by atoms with Crippen molar-refractivity contribution < 1.29 is 22.7 Å². The number of thiophene rings is 1. The van der Waals surface area contributed by atoms with E-state index in [0.717, 1.165) is 11.3 Å². The molecule has 0 saturated carbocycles. The Balaban J connectivity index is 3.01. The third kappa shape index (κ3) is 3.28. The van der Waals surface area contributed by atoms with E-state index in [-0.39, 0.29) is 33.5 Å². The zero-order valence-electron chi connectivity index (χ0n) is 9.85. The summed E-state index contributed by atoms with van der Waals surface area (Å²) in [5.74, 6) is -0.142. The third-order valence-electron chi connectivity index (χ3n) is 2.13. The van der Waals surface area contributed by atoms with Gasteiger partial charge < -0.3 is 15.8 Å². The Morgan fingerprint density at radius 2 is 2.11 bits per heavy atom. The number of rotatable bonds is 5. The Morgan fingerprint density at radius 3 is 2.56 bits per heavy atom. The summed E-state index contributed by atoms with van der Waals surface area (Å²) in [5, 5.41) is 2.30. The van der Waals surface area contributed by atoms with Crippen LogP contribution in [0.3, 0.4) is 0 Å². The van der Waals surface area contributed by atoms with E-state index in [4.69, 9.17) is 10.5 Å². The summed E-state index contributed by atoms with van der Waals surface area (Å²) in [6, 6.07) is 0. The summed E-state index contributed by atoms with van der Waals surface area (Å²) in [6.45, 7) is 0.444. The van der Waals surface area contributed by atoms with E-state index in [1.807, 2.05) is 0 Å². The lowest BCUT2D eigenvalue weighted by Gasteiger charge is -2.09. The van der Waals surface area contributed by atoms with Crippen molar-refractivity contribution in [2.45, 2.75) is 19.5 Å². The molecule has 3 N–H and O–H groups in total. The van der Waals surface area contributed by atoms with E-state index in [2.05, 4.69) is 5.32 Å². The molecule has 0 amide bonds. The van der Waals surface area contributed by atoms with Crippen molar-refractivity contribution in [2.75, 3.05) is 24.7 Å². The maximum Gasteiger partial charge on any atom is 0.405 e. The fourth-order valence-electron chi connectivity index (χ4n) is 1.30. The molecular weight excluding hydrogens is 269 g/mol. The first-order valence-corrected chi connectivity index (χ1v) is 5.91. The van der Waals surface area contributed by atoms with Gasteiger partial charge in [-0.2, -0.15) is 13.2 Å². The molecule has 1 aromatic rings. The van der Waals surface area contributed by atoms with Gasteiger partial charge in [-0.15, -0.1) is 11.3 Å². The van der Waals surface area contributed by atoms with Crippen LogP contribution in [-0.2, 0) is 0 Å². The number of nitrogen functional groups attached to an aromatic ring is 1.